The van der Waals surface area contributed by atoms with Crippen LogP contribution in [0.5, 0.6) is 0 Å². The number of nitrogens with zero attached hydrogens (tertiary/aromatic N) is 3. The molecule has 1 heterocycles. The topological polar surface area (TPSA) is 79.5 Å². The van der Waals surface area contributed by atoms with Crippen molar-refractivity contribution in [3.63, 3.8) is 0 Å². The van der Waals surface area contributed by atoms with Crippen LogP contribution in [0.3, 0.4) is 0 Å². The van der Waals surface area contributed by atoms with Crippen molar-refractivity contribution in [1.29, 1.82) is 0 Å². The Balaban J connectivity index is 2.89. The van der Waals surface area contributed by atoms with Gasteiger partial charge in [0.1, 0.15) is 11.4 Å². The normalized spacial score (nSPS) is 10.3. The molecule has 0 bridgehead atoms. The summed E-state index contributed by atoms with van der Waals surface area (Å²) in [5.74, 6) is -0.277. The second-order valence-electron chi connectivity index (χ2n) is 4.48. The van der Waals surface area contributed by atoms with Crippen molar-refractivity contribution in [3.8, 4) is 0 Å². The van der Waals surface area contributed by atoms with Gasteiger partial charge in [0.25, 0.3) is 5.91 Å². The number of carbonyl (C=O) groups is 2. The molecule has 1 aromatic rings. The zero-order valence-corrected chi connectivity index (χ0v) is 12.6. The molecule has 0 saturated carbocycles. The molecule has 0 fully saturated rings. The van der Waals surface area contributed by atoms with Crippen LogP contribution in [0.4, 0.5) is 5.13 Å². The van der Waals surface area contributed by atoms with Gasteiger partial charge in [0.05, 0.1) is 5.69 Å². The first-order chi connectivity index (χ1) is 8.86. The predicted octanol–water partition coefficient (Wildman–Crippen LogP) is 0.974. The number of rotatable bonds is 5. The molecule has 0 unspecified atom stereocenters. The largest absolute Gasteiger partial charge is 0.375 e. The van der Waals surface area contributed by atoms with Crippen LogP contribution in [-0.2, 0) is 4.79 Å². The molecule has 0 saturated heterocycles. The molecule has 1 rings (SSSR count). The molecule has 1 aromatic heterocycles. The van der Waals surface area contributed by atoms with Crippen LogP contribution in [0.15, 0.2) is 0 Å². The van der Waals surface area contributed by atoms with E-state index in [1.807, 2.05) is 6.92 Å². The van der Waals surface area contributed by atoms with Crippen LogP contribution in [0.2, 0.25) is 0 Å². The summed E-state index contributed by atoms with van der Waals surface area (Å²) in [5.41, 5.74) is 6.22. The van der Waals surface area contributed by atoms with Gasteiger partial charge < -0.3 is 15.5 Å². The van der Waals surface area contributed by atoms with Crippen LogP contribution in [0.25, 0.3) is 0 Å². The lowest BCUT2D eigenvalue weighted by atomic mass is 10.3. The Hall–Kier alpha value is -1.63. The molecule has 7 heteroatoms. The molecule has 2 N–H and O–H groups in total. The Bertz CT molecular complexity index is 470. The van der Waals surface area contributed by atoms with Crippen molar-refractivity contribution in [2.75, 3.05) is 32.9 Å². The van der Waals surface area contributed by atoms with Gasteiger partial charge in [-0.1, -0.05) is 18.3 Å². The molecule has 0 radical (unpaired) electrons. The highest BCUT2D eigenvalue weighted by molar-refractivity contribution is 7.17. The van der Waals surface area contributed by atoms with E-state index in [1.54, 1.807) is 25.9 Å². The summed E-state index contributed by atoms with van der Waals surface area (Å²) in [4.78, 5) is 31.7. The molecule has 0 aliphatic carbocycles. The molecule has 0 aliphatic rings. The van der Waals surface area contributed by atoms with Crippen LogP contribution in [-0.4, -0.2) is 53.8 Å². The first kappa shape index (κ1) is 15.4. The number of carbonyl (C=O) groups excluding carboxylic acids is 2. The van der Waals surface area contributed by atoms with Crippen LogP contribution < -0.4 is 5.73 Å². The standard InChI is InChI=1S/C12H20N4O2S/c1-5-6-16(7-9(17)15(3)4)11(18)10-8(2)14-12(13)19-10/h5-7H2,1-4H3,(H2,13,14). The number of aryl methyl sites for hydroxylation is 1. The number of likely N-dealkylation sites (N-methyl/N-ethyl adjacent to an activating group) is 1. The molecule has 106 valence electrons. The fourth-order valence-corrected chi connectivity index (χ4v) is 2.39. The summed E-state index contributed by atoms with van der Waals surface area (Å²) in [6.07, 6.45) is 0.791. The zero-order chi connectivity index (χ0) is 14.6. The second kappa shape index (κ2) is 6.51. The average molecular weight is 284 g/mol. The van der Waals surface area contributed by atoms with E-state index >= 15 is 0 Å². The van der Waals surface area contributed by atoms with E-state index in [9.17, 15) is 9.59 Å². The lowest BCUT2D eigenvalue weighted by molar-refractivity contribution is -0.129. The van der Waals surface area contributed by atoms with Gasteiger partial charge >= 0.3 is 0 Å². The molecular weight excluding hydrogens is 264 g/mol. The van der Waals surface area contributed by atoms with Crippen LogP contribution >= 0.6 is 11.3 Å². The van der Waals surface area contributed by atoms with Crippen LogP contribution in [0.1, 0.15) is 28.7 Å². The minimum absolute atomic E-state index is 0.0803. The molecule has 6 nitrogen and oxygen atoms in total. The SMILES string of the molecule is CCCN(CC(=O)N(C)C)C(=O)c1sc(N)nc1C. The number of nitrogen functional groups attached to an aromatic ring is 1. The molecule has 0 aromatic carbocycles. The van der Waals surface area contributed by atoms with Crippen molar-refractivity contribution in [2.24, 2.45) is 0 Å². The maximum absolute atomic E-state index is 12.4. The number of amides is 2. The van der Waals surface area contributed by atoms with Crippen molar-refractivity contribution < 1.29 is 9.59 Å². The Morgan fingerprint density at radius 2 is 2.00 bits per heavy atom. The quantitative estimate of drug-likeness (QED) is 0.874. The van der Waals surface area contributed by atoms with Gasteiger partial charge in [-0.05, 0) is 13.3 Å². The lowest BCUT2D eigenvalue weighted by Gasteiger charge is -2.22. The molecule has 0 spiro atoms. The summed E-state index contributed by atoms with van der Waals surface area (Å²) in [6, 6.07) is 0. The predicted molar refractivity (Wildman–Crippen MR) is 76.2 cm³/mol. The summed E-state index contributed by atoms with van der Waals surface area (Å²) < 4.78 is 0. The first-order valence-electron chi connectivity index (χ1n) is 6.09. The van der Waals surface area contributed by atoms with Crippen molar-refractivity contribution in [3.05, 3.63) is 10.6 Å². The smallest absolute Gasteiger partial charge is 0.266 e. The Morgan fingerprint density at radius 3 is 2.42 bits per heavy atom. The Kier molecular flexibility index (Phi) is 5.29. The summed E-state index contributed by atoms with van der Waals surface area (Å²) in [6.45, 7) is 4.33. The van der Waals surface area contributed by atoms with Gasteiger partial charge in [0, 0.05) is 20.6 Å². The van der Waals surface area contributed by atoms with Gasteiger partial charge in [-0.25, -0.2) is 4.98 Å². The van der Waals surface area contributed by atoms with E-state index in [1.165, 1.54) is 4.90 Å². The third kappa shape index (κ3) is 3.92. The van der Waals surface area contributed by atoms with Crippen LogP contribution in [0, 0.1) is 6.92 Å². The van der Waals surface area contributed by atoms with E-state index in [0.717, 1.165) is 17.8 Å². The molecule has 19 heavy (non-hydrogen) atoms. The summed E-state index contributed by atoms with van der Waals surface area (Å²) in [5, 5.41) is 0.372. The van der Waals surface area contributed by atoms with Gasteiger partial charge in [-0.15, -0.1) is 0 Å². The molecule has 0 atom stereocenters. The van der Waals surface area contributed by atoms with Gasteiger partial charge in [0.15, 0.2) is 5.13 Å². The van der Waals surface area contributed by atoms with Crippen molar-refractivity contribution in [2.45, 2.75) is 20.3 Å². The maximum Gasteiger partial charge on any atom is 0.266 e. The summed E-state index contributed by atoms with van der Waals surface area (Å²) >= 11 is 1.16. The number of hydrogen-bond acceptors (Lipinski definition) is 5. The summed E-state index contributed by atoms with van der Waals surface area (Å²) in [7, 11) is 3.35. The molecular formula is C12H20N4O2S. The van der Waals surface area contributed by atoms with Gasteiger partial charge in [-0.2, -0.15) is 0 Å². The third-order valence-electron chi connectivity index (χ3n) is 2.61. The zero-order valence-electron chi connectivity index (χ0n) is 11.8. The van der Waals surface area contributed by atoms with Crippen molar-refractivity contribution >= 4 is 28.3 Å². The maximum atomic E-state index is 12.4. The number of nitrogens with two attached hydrogens (primary N) is 1. The average Bonchev–Trinajstić information content (AvgIpc) is 2.66. The minimum Gasteiger partial charge on any atom is -0.375 e. The van der Waals surface area contributed by atoms with E-state index in [0.29, 0.717) is 22.2 Å². The van der Waals surface area contributed by atoms with E-state index in [4.69, 9.17) is 5.73 Å². The Morgan fingerprint density at radius 1 is 1.37 bits per heavy atom. The highest BCUT2D eigenvalue weighted by Crippen LogP contribution is 2.21. The third-order valence-corrected chi connectivity index (χ3v) is 3.59. The lowest BCUT2D eigenvalue weighted by Crippen LogP contribution is -2.40. The van der Waals surface area contributed by atoms with Gasteiger partial charge in [-0.3, -0.25) is 9.59 Å². The molecule has 2 amide bonds. The fraction of sp³-hybridized carbons (Fsp3) is 0.583. The highest BCUT2D eigenvalue weighted by atomic mass is 32.1. The first-order valence-corrected chi connectivity index (χ1v) is 6.90. The fourth-order valence-electron chi connectivity index (χ4n) is 1.59. The van der Waals surface area contributed by atoms with E-state index in [2.05, 4.69) is 4.98 Å². The van der Waals surface area contributed by atoms with Crippen molar-refractivity contribution in [1.82, 2.24) is 14.8 Å². The molecule has 0 aliphatic heterocycles. The number of hydrogen-bond donors (Lipinski definition) is 1. The highest BCUT2D eigenvalue weighted by Gasteiger charge is 2.22. The van der Waals surface area contributed by atoms with E-state index < -0.39 is 0 Å². The Labute approximate surface area is 117 Å². The number of aromatic nitrogens is 1. The second-order valence-corrected chi connectivity index (χ2v) is 5.51. The van der Waals surface area contributed by atoms with Gasteiger partial charge in [0.2, 0.25) is 5.91 Å². The van der Waals surface area contributed by atoms with E-state index in [-0.39, 0.29) is 18.4 Å². The monoisotopic (exact) mass is 284 g/mol. The number of thiazole rings is 1. The number of anilines is 1. The minimum atomic E-state index is -0.177.